The van der Waals surface area contributed by atoms with Gasteiger partial charge in [-0.3, -0.25) is 9.69 Å². The number of nitrogens with zero attached hydrogens (tertiary/aromatic N) is 1. The zero-order chi connectivity index (χ0) is 14.1. The van der Waals surface area contributed by atoms with Crippen molar-refractivity contribution in [1.82, 2.24) is 4.90 Å². The van der Waals surface area contributed by atoms with Crippen molar-refractivity contribution in [3.63, 3.8) is 0 Å². The van der Waals surface area contributed by atoms with Crippen molar-refractivity contribution < 1.29 is 14.3 Å². The maximum Gasteiger partial charge on any atom is 0.306 e. The molecule has 106 valence electrons. The van der Waals surface area contributed by atoms with Crippen LogP contribution in [0.2, 0.25) is 0 Å². The topological polar surface area (TPSA) is 53.7 Å². The van der Waals surface area contributed by atoms with Gasteiger partial charge < -0.3 is 9.52 Å². The molecule has 20 heavy (non-hydrogen) atoms. The van der Waals surface area contributed by atoms with Crippen LogP contribution in [0.1, 0.15) is 24.2 Å². The fourth-order valence-electron chi connectivity index (χ4n) is 2.98. The van der Waals surface area contributed by atoms with Crippen molar-refractivity contribution in [2.45, 2.75) is 26.3 Å². The zero-order valence-electron chi connectivity index (χ0n) is 11.6. The predicted octanol–water partition coefficient (Wildman–Crippen LogP) is 3.04. The molecule has 4 heteroatoms. The number of fused-ring (bicyclic) bond motifs is 1. The first-order valence-corrected chi connectivity index (χ1v) is 7.07. The highest BCUT2D eigenvalue weighted by Crippen LogP contribution is 2.28. The molecule has 0 unspecified atom stereocenters. The van der Waals surface area contributed by atoms with Gasteiger partial charge in [0.15, 0.2) is 0 Å². The van der Waals surface area contributed by atoms with Crippen LogP contribution in [0.15, 0.2) is 28.7 Å². The highest BCUT2D eigenvalue weighted by atomic mass is 16.4. The zero-order valence-corrected chi connectivity index (χ0v) is 11.6. The molecule has 0 atom stereocenters. The molecule has 0 spiro atoms. The molecular formula is C16H19NO3. The van der Waals surface area contributed by atoms with Gasteiger partial charge in [-0.05, 0) is 38.9 Å². The summed E-state index contributed by atoms with van der Waals surface area (Å²) in [6.45, 7) is 4.53. The van der Waals surface area contributed by atoms with E-state index in [4.69, 9.17) is 9.52 Å². The summed E-state index contributed by atoms with van der Waals surface area (Å²) in [5.74, 6) is 0.134. The number of para-hydroxylation sites is 1. The van der Waals surface area contributed by atoms with E-state index in [0.29, 0.717) is 0 Å². The molecule has 2 aromatic rings. The molecule has 1 aromatic carbocycles. The Bertz CT molecular complexity index is 624. The van der Waals surface area contributed by atoms with Crippen molar-refractivity contribution >= 4 is 16.9 Å². The van der Waals surface area contributed by atoms with E-state index in [9.17, 15) is 4.79 Å². The fraction of sp³-hybridized carbons (Fsp3) is 0.438. The lowest BCUT2D eigenvalue weighted by atomic mass is 9.96. The molecule has 1 N–H and O–H groups in total. The Morgan fingerprint density at radius 3 is 2.75 bits per heavy atom. The Kier molecular flexibility index (Phi) is 3.49. The summed E-state index contributed by atoms with van der Waals surface area (Å²) < 4.78 is 5.78. The number of aryl methyl sites for hydroxylation is 1. The van der Waals surface area contributed by atoms with E-state index in [-0.39, 0.29) is 5.92 Å². The van der Waals surface area contributed by atoms with Gasteiger partial charge in [0.05, 0.1) is 5.92 Å². The number of hydrogen-bond acceptors (Lipinski definition) is 3. The minimum atomic E-state index is -0.658. The smallest absolute Gasteiger partial charge is 0.306 e. The van der Waals surface area contributed by atoms with Crippen LogP contribution < -0.4 is 0 Å². The van der Waals surface area contributed by atoms with Crippen LogP contribution in [0.5, 0.6) is 0 Å². The third-order valence-electron chi connectivity index (χ3n) is 4.22. The number of furan rings is 1. The molecule has 0 saturated carbocycles. The van der Waals surface area contributed by atoms with E-state index in [0.717, 1.165) is 43.8 Å². The van der Waals surface area contributed by atoms with E-state index in [1.54, 1.807) is 0 Å². The largest absolute Gasteiger partial charge is 0.481 e. The summed E-state index contributed by atoms with van der Waals surface area (Å²) in [4.78, 5) is 13.3. The monoisotopic (exact) mass is 273 g/mol. The van der Waals surface area contributed by atoms with E-state index in [2.05, 4.69) is 11.0 Å². The Labute approximate surface area is 118 Å². The first-order valence-electron chi connectivity index (χ1n) is 7.07. The second kappa shape index (κ2) is 5.29. The number of hydrogen-bond donors (Lipinski definition) is 1. The van der Waals surface area contributed by atoms with Gasteiger partial charge in [-0.2, -0.15) is 0 Å². The third kappa shape index (κ3) is 2.43. The molecule has 1 fully saturated rings. The van der Waals surface area contributed by atoms with E-state index < -0.39 is 5.97 Å². The Hall–Kier alpha value is -1.81. The van der Waals surface area contributed by atoms with Crippen LogP contribution in [0.25, 0.3) is 11.0 Å². The van der Waals surface area contributed by atoms with Crippen LogP contribution in [0, 0.1) is 12.8 Å². The van der Waals surface area contributed by atoms with Gasteiger partial charge in [0, 0.05) is 17.5 Å². The van der Waals surface area contributed by atoms with E-state index in [1.165, 1.54) is 10.9 Å². The highest BCUT2D eigenvalue weighted by Gasteiger charge is 2.25. The third-order valence-corrected chi connectivity index (χ3v) is 4.22. The molecule has 0 aliphatic carbocycles. The number of benzene rings is 1. The van der Waals surface area contributed by atoms with Crippen LogP contribution in [0.3, 0.4) is 0 Å². The quantitative estimate of drug-likeness (QED) is 0.934. The molecule has 2 heterocycles. The molecule has 0 bridgehead atoms. The van der Waals surface area contributed by atoms with Crippen molar-refractivity contribution in [1.29, 1.82) is 0 Å². The lowest BCUT2D eigenvalue weighted by Crippen LogP contribution is -2.35. The first-order chi connectivity index (χ1) is 9.65. The van der Waals surface area contributed by atoms with Gasteiger partial charge in [0.25, 0.3) is 0 Å². The normalized spacial score (nSPS) is 17.6. The average molecular weight is 273 g/mol. The fourth-order valence-corrected chi connectivity index (χ4v) is 2.98. The molecule has 1 aliphatic heterocycles. The van der Waals surface area contributed by atoms with Crippen molar-refractivity contribution in [2.24, 2.45) is 5.92 Å². The molecule has 3 rings (SSSR count). The van der Waals surface area contributed by atoms with Gasteiger partial charge >= 0.3 is 5.97 Å². The lowest BCUT2D eigenvalue weighted by molar-refractivity contribution is -0.143. The summed E-state index contributed by atoms with van der Waals surface area (Å²) in [5.41, 5.74) is 2.16. The number of carboxylic acid groups (broad SMARTS) is 1. The van der Waals surface area contributed by atoms with Crippen LogP contribution in [-0.4, -0.2) is 29.1 Å². The molecule has 0 amide bonds. The molecule has 1 saturated heterocycles. The molecule has 1 aromatic heterocycles. The summed E-state index contributed by atoms with van der Waals surface area (Å²) in [6.07, 6.45) is 1.48. The van der Waals surface area contributed by atoms with Gasteiger partial charge in [0.2, 0.25) is 0 Å². The number of aliphatic carboxylic acids is 1. The van der Waals surface area contributed by atoms with Gasteiger partial charge in [0.1, 0.15) is 11.3 Å². The molecule has 1 aliphatic rings. The summed E-state index contributed by atoms with van der Waals surface area (Å²) in [6, 6.07) is 8.08. The van der Waals surface area contributed by atoms with Crippen LogP contribution in [0.4, 0.5) is 0 Å². The second-order valence-corrected chi connectivity index (χ2v) is 5.52. The van der Waals surface area contributed by atoms with Crippen LogP contribution >= 0.6 is 0 Å². The summed E-state index contributed by atoms with van der Waals surface area (Å²) >= 11 is 0. The van der Waals surface area contributed by atoms with Crippen molar-refractivity contribution in [3.05, 3.63) is 35.6 Å². The number of carboxylic acids is 1. The number of carbonyl (C=O) groups is 1. The second-order valence-electron chi connectivity index (χ2n) is 5.52. The molecular weight excluding hydrogens is 254 g/mol. The van der Waals surface area contributed by atoms with Gasteiger partial charge in [-0.25, -0.2) is 0 Å². The minimum Gasteiger partial charge on any atom is -0.481 e. The SMILES string of the molecule is Cc1oc2ccccc2c1CN1CCC(C(=O)O)CC1. The Morgan fingerprint density at radius 1 is 1.35 bits per heavy atom. The minimum absolute atomic E-state index is 0.173. The molecule has 4 nitrogen and oxygen atoms in total. The summed E-state index contributed by atoms with van der Waals surface area (Å²) in [7, 11) is 0. The maximum atomic E-state index is 11.0. The number of piperidine rings is 1. The lowest BCUT2D eigenvalue weighted by Gasteiger charge is -2.29. The Balaban J connectivity index is 1.74. The van der Waals surface area contributed by atoms with Gasteiger partial charge in [-0.15, -0.1) is 0 Å². The van der Waals surface area contributed by atoms with E-state index >= 15 is 0 Å². The molecule has 0 radical (unpaired) electrons. The summed E-state index contributed by atoms with van der Waals surface area (Å²) in [5, 5.41) is 10.2. The standard InChI is InChI=1S/C16H19NO3/c1-11-14(13-4-2-3-5-15(13)20-11)10-17-8-6-12(7-9-17)16(18)19/h2-5,12H,6-10H2,1H3,(H,18,19). The van der Waals surface area contributed by atoms with Crippen molar-refractivity contribution in [2.75, 3.05) is 13.1 Å². The average Bonchev–Trinajstić information content (AvgIpc) is 2.76. The van der Waals surface area contributed by atoms with Gasteiger partial charge in [-0.1, -0.05) is 18.2 Å². The van der Waals surface area contributed by atoms with Crippen LogP contribution in [-0.2, 0) is 11.3 Å². The first kappa shape index (κ1) is 13.2. The van der Waals surface area contributed by atoms with Crippen molar-refractivity contribution in [3.8, 4) is 0 Å². The number of rotatable bonds is 3. The maximum absolute atomic E-state index is 11.0. The van der Waals surface area contributed by atoms with E-state index in [1.807, 2.05) is 25.1 Å². The number of likely N-dealkylation sites (tertiary alicyclic amines) is 1. The Morgan fingerprint density at radius 2 is 2.05 bits per heavy atom. The predicted molar refractivity (Wildman–Crippen MR) is 76.6 cm³/mol. The highest BCUT2D eigenvalue weighted by molar-refractivity contribution is 5.82.